The highest BCUT2D eigenvalue weighted by Gasteiger charge is 2.23. The molecule has 2 aromatic heterocycles. The third kappa shape index (κ3) is 3.17. The summed E-state index contributed by atoms with van der Waals surface area (Å²) in [5.74, 6) is 1.25. The zero-order chi connectivity index (χ0) is 18.1. The number of aromatic nitrogens is 3. The minimum Gasteiger partial charge on any atom is -0.383 e. The van der Waals surface area contributed by atoms with Crippen molar-refractivity contribution in [1.82, 2.24) is 19.2 Å². The Hall–Kier alpha value is -2.47. The number of fused-ring (bicyclic) bond motifs is 1. The van der Waals surface area contributed by atoms with Gasteiger partial charge in [-0.3, -0.25) is 4.90 Å². The van der Waals surface area contributed by atoms with Crippen molar-refractivity contribution in [1.29, 1.82) is 5.26 Å². The van der Waals surface area contributed by atoms with Gasteiger partial charge in [0.25, 0.3) is 0 Å². The van der Waals surface area contributed by atoms with Crippen LogP contribution in [0.5, 0.6) is 0 Å². The Bertz CT molecular complexity index is 988. The summed E-state index contributed by atoms with van der Waals surface area (Å²) in [5.41, 5.74) is 7.40. The van der Waals surface area contributed by atoms with Crippen LogP contribution in [0.15, 0.2) is 24.3 Å². The maximum atomic E-state index is 9.24. The van der Waals surface area contributed by atoms with Gasteiger partial charge >= 0.3 is 0 Å². The van der Waals surface area contributed by atoms with E-state index in [0.717, 1.165) is 47.9 Å². The number of piperazine rings is 1. The zero-order valence-electron chi connectivity index (χ0n) is 13.9. The second-order valence-electron chi connectivity index (χ2n) is 6.07. The molecule has 0 aliphatic carbocycles. The molecule has 0 radical (unpaired) electrons. The lowest BCUT2D eigenvalue weighted by Gasteiger charge is -2.34. The molecule has 1 fully saturated rings. The van der Waals surface area contributed by atoms with Gasteiger partial charge in [-0.25, -0.2) is 9.97 Å². The molecule has 0 atom stereocenters. The van der Waals surface area contributed by atoms with Gasteiger partial charge in [0, 0.05) is 31.6 Å². The van der Waals surface area contributed by atoms with Gasteiger partial charge in [-0.05, 0) is 23.7 Å². The van der Waals surface area contributed by atoms with E-state index < -0.39 is 0 Å². The largest absolute Gasteiger partial charge is 0.383 e. The first-order chi connectivity index (χ1) is 12.7. The van der Waals surface area contributed by atoms with E-state index in [4.69, 9.17) is 17.3 Å². The molecule has 1 aliphatic rings. The first kappa shape index (κ1) is 17.0. The third-order valence-corrected chi connectivity index (χ3v) is 5.73. The van der Waals surface area contributed by atoms with Crippen molar-refractivity contribution in [2.45, 2.75) is 6.54 Å². The highest BCUT2D eigenvalue weighted by molar-refractivity contribution is 7.10. The predicted molar refractivity (Wildman–Crippen MR) is 103 cm³/mol. The van der Waals surface area contributed by atoms with Crippen LogP contribution in [0.1, 0.15) is 11.4 Å². The fourth-order valence-corrected chi connectivity index (χ4v) is 4.18. The maximum Gasteiger partial charge on any atom is 0.162 e. The van der Waals surface area contributed by atoms with Gasteiger partial charge < -0.3 is 10.6 Å². The van der Waals surface area contributed by atoms with Crippen LogP contribution in [0, 0.1) is 11.3 Å². The summed E-state index contributed by atoms with van der Waals surface area (Å²) in [7, 11) is 0. The van der Waals surface area contributed by atoms with Crippen molar-refractivity contribution < 1.29 is 0 Å². The molecule has 7 nitrogen and oxygen atoms in total. The Morgan fingerprint density at radius 1 is 1.19 bits per heavy atom. The summed E-state index contributed by atoms with van der Waals surface area (Å²) in [6.45, 7) is 3.94. The quantitative estimate of drug-likeness (QED) is 0.740. The number of rotatable bonds is 3. The Balaban J connectivity index is 1.45. The molecule has 9 heteroatoms. The van der Waals surface area contributed by atoms with Crippen molar-refractivity contribution in [3.63, 3.8) is 0 Å². The van der Waals surface area contributed by atoms with Crippen molar-refractivity contribution >= 4 is 44.9 Å². The van der Waals surface area contributed by atoms with E-state index in [2.05, 4.69) is 30.2 Å². The molecule has 0 bridgehead atoms. The number of benzene rings is 1. The highest BCUT2D eigenvalue weighted by Crippen LogP contribution is 2.31. The van der Waals surface area contributed by atoms with Crippen LogP contribution >= 0.6 is 23.1 Å². The third-order valence-electron chi connectivity index (χ3n) is 4.45. The SMILES string of the molecule is N#Cc1c(Cl)nsc1N1CCN(Cc2nc(N)c3ccccc3n2)CC1. The molecule has 0 amide bonds. The van der Waals surface area contributed by atoms with Gasteiger partial charge in [-0.15, -0.1) is 0 Å². The molecule has 0 unspecified atom stereocenters. The number of para-hydroxylation sites is 1. The number of halogens is 1. The van der Waals surface area contributed by atoms with Crippen molar-refractivity contribution in [3.8, 4) is 6.07 Å². The topological polar surface area (TPSA) is 95.0 Å². The van der Waals surface area contributed by atoms with E-state index in [0.29, 0.717) is 17.9 Å². The van der Waals surface area contributed by atoms with Gasteiger partial charge in [0.15, 0.2) is 5.15 Å². The number of nitrogens with two attached hydrogens (primary N) is 1. The number of hydrogen-bond donors (Lipinski definition) is 1. The molecule has 1 aromatic carbocycles. The lowest BCUT2D eigenvalue weighted by molar-refractivity contribution is 0.245. The normalized spacial score (nSPS) is 15.3. The number of hydrogen-bond acceptors (Lipinski definition) is 8. The Labute approximate surface area is 159 Å². The van der Waals surface area contributed by atoms with Gasteiger partial charge in [0.2, 0.25) is 0 Å². The van der Waals surface area contributed by atoms with Crippen LogP contribution in [-0.4, -0.2) is 45.4 Å². The molecular formula is C17H16ClN7S. The molecule has 132 valence electrons. The molecule has 3 aromatic rings. The monoisotopic (exact) mass is 385 g/mol. The molecule has 2 N–H and O–H groups in total. The van der Waals surface area contributed by atoms with Crippen LogP contribution in [0.25, 0.3) is 10.9 Å². The molecule has 1 saturated heterocycles. The van der Waals surface area contributed by atoms with E-state index in [1.807, 2.05) is 24.3 Å². The van der Waals surface area contributed by atoms with E-state index in [-0.39, 0.29) is 5.15 Å². The number of nitrogen functional groups attached to an aromatic ring is 1. The molecule has 4 rings (SSSR count). The van der Waals surface area contributed by atoms with E-state index in [1.165, 1.54) is 11.5 Å². The zero-order valence-corrected chi connectivity index (χ0v) is 15.5. The van der Waals surface area contributed by atoms with Gasteiger partial charge in [-0.1, -0.05) is 23.7 Å². The Morgan fingerprint density at radius 3 is 2.73 bits per heavy atom. The Morgan fingerprint density at radius 2 is 1.96 bits per heavy atom. The molecular weight excluding hydrogens is 370 g/mol. The van der Waals surface area contributed by atoms with Crippen molar-refractivity contribution in [2.24, 2.45) is 0 Å². The van der Waals surface area contributed by atoms with Crippen molar-refractivity contribution in [2.75, 3.05) is 36.8 Å². The van der Waals surface area contributed by atoms with Crippen LogP contribution < -0.4 is 10.6 Å². The number of nitrogens with zero attached hydrogens (tertiary/aromatic N) is 6. The number of nitriles is 1. The minimum absolute atomic E-state index is 0.287. The molecule has 3 heterocycles. The average molecular weight is 386 g/mol. The van der Waals surface area contributed by atoms with Crippen molar-refractivity contribution in [3.05, 3.63) is 40.8 Å². The van der Waals surface area contributed by atoms with Gasteiger partial charge in [0.05, 0.1) is 12.1 Å². The lowest BCUT2D eigenvalue weighted by Crippen LogP contribution is -2.46. The Kier molecular flexibility index (Phi) is 4.59. The van der Waals surface area contributed by atoms with E-state index in [1.54, 1.807) is 0 Å². The van der Waals surface area contributed by atoms with E-state index in [9.17, 15) is 5.26 Å². The minimum atomic E-state index is 0.287. The molecule has 26 heavy (non-hydrogen) atoms. The summed E-state index contributed by atoms with van der Waals surface area (Å²) in [6.07, 6.45) is 0. The fraction of sp³-hybridized carbons (Fsp3) is 0.294. The van der Waals surface area contributed by atoms with Crippen LogP contribution in [-0.2, 0) is 6.54 Å². The summed E-state index contributed by atoms with van der Waals surface area (Å²) >= 11 is 7.25. The molecule has 1 aliphatic heterocycles. The molecule has 0 spiro atoms. The molecule has 0 saturated carbocycles. The average Bonchev–Trinajstić information content (AvgIpc) is 3.03. The highest BCUT2D eigenvalue weighted by atomic mass is 35.5. The fourth-order valence-electron chi connectivity index (χ4n) is 3.10. The lowest BCUT2D eigenvalue weighted by atomic mass is 10.2. The summed E-state index contributed by atoms with van der Waals surface area (Å²) in [6, 6.07) is 9.90. The summed E-state index contributed by atoms with van der Waals surface area (Å²) in [4.78, 5) is 13.5. The van der Waals surface area contributed by atoms with E-state index >= 15 is 0 Å². The van der Waals surface area contributed by atoms with Crippen LogP contribution in [0.4, 0.5) is 10.8 Å². The standard InChI is InChI=1S/C17H16ClN7S/c18-15-12(9-19)17(26-23-15)25-7-5-24(6-8-25)10-14-21-13-4-2-1-3-11(13)16(20)22-14/h1-4H,5-8,10H2,(H2,20,21,22). The van der Waals surface area contributed by atoms with Gasteiger partial charge in [0.1, 0.15) is 28.3 Å². The first-order valence-electron chi connectivity index (χ1n) is 8.19. The second-order valence-corrected chi connectivity index (χ2v) is 7.18. The van der Waals surface area contributed by atoms with Gasteiger partial charge in [-0.2, -0.15) is 9.64 Å². The van der Waals surface area contributed by atoms with Crippen LogP contribution in [0.3, 0.4) is 0 Å². The summed E-state index contributed by atoms with van der Waals surface area (Å²) in [5, 5.41) is 11.3. The predicted octanol–water partition coefficient (Wildman–Crippen LogP) is 2.52. The summed E-state index contributed by atoms with van der Waals surface area (Å²) < 4.78 is 4.08. The first-order valence-corrected chi connectivity index (χ1v) is 9.34. The van der Waals surface area contributed by atoms with Crippen LogP contribution in [0.2, 0.25) is 5.15 Å². The maximum absolute atomic E-state index is 9.24. The number of anilines is 2. The second kappa shape index (κ2) is 7.03. The smallest absolute Gasteiger partial charge is 0.162 e.